The molecule has 34 heavy (non-hydrogen) atoms. The van der Waals surface area contributed by atoms with Crippen molar-refractivity contribution in [2.24, 2.45) is 5.92 Å². The lowest BCUT2D eigenvalue weighted by Crippen LogP contribution is -2.28. The molecule has 7 nitrogen and oxygen atoms in total. The fourth-order valence-corrected chi connectivity index (χ4v) is 4.09. The maximum absolute atomic E-state index is 13.1. The van der Waals surface area contributed by atoms with E-state index in [1.165, 1.54) is 0 Å². The fourth-order valence-electron chi connectivity index (χ4n) is 4.09. The summed E-state index contributed by atoms with van der Waals surface area (Å²) in [5.41, 5.74) is 5.07. The summed E-state index contributed by atoms with van der Waals surface area (Å²) in [7, 11) is 0. The molecule has 1 aromatic heterocycles. The number of carbonyl (C=O) groups is 2. The molecule has 7 heteroatoms. The predicted octanol–water partition coefficient (Wildman–Crippen LogP) is 5.01. The third-order valence-electron chi connectivity index (χ3n) is 5.96. The number of anilines is 2. The number of benzene rings is 3. The highest BCUT2D eigenvalue weighted by Gasteiger charge is 2.35. The number of hydrogen-bond acceptors (Lipinski definition) is 5. The van der Waals surface area contributed by atoms with Crippen molar-refractivity contribution < 1.29 is 14.1 Å². The zero-order valence-corrected chi connectivity index (χ0v) is 19.0. The van der Waals surface area contributed by atoms with Gasteiger partial charge in [0.05, 0.1) is 17.2 Å². The van der Waals surface area contributed by atoms with E-state index in [0.717, 1.165) is 22.4 Å². The number of nitrogens with one attached hydrogen (secondary N) is 1. The highest BCUT2D eigenvalue weighted by Crippen LogP contribution is 2.31. The van der Waals surface area contributed by atoms with E-state index in [2.05, 4.69) is 15.5 Å². The molecular weight excluding hydrogens is 428 g/mol. The van der Waals surface area contributed by atoms with E-state index in [-0.39, 0.29) is 18.2 Å². The van der Waals surface area contributed by atoms with Crippen LogP contribution in [0.25, 0.3) is 22.8 Å². The Hall–Kier alpha value is -4.26. The molecule has 1 saturated heterocycles. The highest BCUT2D eigenvalue weighted by molar-refractivity contribution is 6.04. The third kappa shape index (κ3) is 4.32. The largest absolute Gasteiger partial charge is 0.334 e. The topological polar surface area (TPSA) is 88.3 Å². The van der Waals surface area contributed by atoms with Gasteiger partial charge in [-0.25, -0.2) is 0 Å². The quantitative estimate of drug-likeness (QED) is 0.460. The molecule has 1 N–H and O–H groups in total. The monoisotopic (exact) mass is 452 g/mol. The first-order valence-electron chi connectivity index (χ1n) is 11.2. The molecular formula is C27H24N4O3. The average Bonchev–Trinajstić information content (AvgIpc) is 3.47. The molecule has 1 atom stereocenters. The van der Waals surface area contributed by atoms with Crippen LogP contribution in [0.3, 0.4) is 0 Å². The molecule has 2 heterocycles. The first-order valence-corrected chi connectivity index (χ1v) is 11.2. The molecule has 0 saturated carbocycles. The van der Waals surface area contributed by atoms with Crippen molar-refractivity contribution in [3.8, 4) is 22.8 Å². The minimum Gasteiger partial charge on any atom is -0.334 e. The Morgan fingerprint density at radius 1 is 1.00 bits per heavy atom. The van der Waals surface area contributed by atoms with E-state index in [4.69, 9.17) is 4.52 Å². The Morgan fingerprint density at radius 2 is 1.79 bits per heavy atom. The van der Waals surface area contributed by atoms with Crippen LogP contribution in [0.5, 0.6) is 0 Å². The lowest BCUT2D eigenvalue weighted by molar-refractivity contribution is -0.122. The van der Waals surface area contributed by atoms with Crippen LogP contribution in [-0.4, -0.2) is 28.5 Å². The summed E-state index contributed by atoms with van der Waals surface area (Å²) in [6.07, 6.45) is 0.167. The molecule has 0 radical (unpaired) electrons. The van der Waals surface area contributed by atoms with Crippen LogP contribution in [0, 0.1) is 19.8 Å². The van der Waals surface area contributed by atoms with E-state index in [1.807, 2.05) is 80.6 Å². The summed E-state index contributed by atoms with van der Waals surface area (Å²) >= 11 is 0. The van der Waals surface area contributed by atoms with Crippen molar-refractivity contribution in [3.05, 3.63) is 83.9 Å². The number of aromatic nitrogens is 2. The summed E-state index contributed by atoms with van der Waals surface area (Å²) in [4.78, 5) is 31.9. The molecule has 1 fully saturated rings. The van der Waals surface area contributed by atoms with E-state index in [9.17, 15) is 9.59 Å². The van der Waals surface area contributed by atoms with Crippen molar-refractivity contribution in [2.75, 3.05) is 16.8 Å². The second-order valence-corrected chi connectivity index (χ2v) is 8.57. The van der Waals surface area contributed by atoms with Crippen molar-refractivity contribution in [2.45, 2.75) is 20.3 Å². The Morgan fingerprint density at radius 3 is 2.59 bits per heavy atom. The van der Waals surface area contributed by atoms with Crippen molar-refractivity contribution in [1.82, 2.24) is 10.1 Å². The molecule has 5 rings (SSSR count). The van der Waals surface area contributed by atoms with Crippen LogP contribution in [0.2, 0.25) is 0 Å². The molecule has 2 amide bonds. The Balaban J connectivity index is 1.34. The first-order chi connectivity index (χ1) is 16.5. The van der Waals surface area contributed by atoms with Gasteiger partial charge >= 0.3 is 0 Å². The lowest BCUT2D eigenvalue weighted by atomic mass is 10.1. The molecule has 1 aliphatic heterocycles. The molecule has 170 valence electrons. The van der Waals surface area contributed by atoms with Gasteiger partial charge < -0.3 is 14.7 Å². The molecule has 0 unspecified atom stereocenters. The van der Waals surface area contributed by atoms with Gasteiger partial charge in [-0.2, -0.15) is 4.98 Å². The van der Waals surface area contributed by atoms with Gasteiger partial charge in [-0.1, -0.05) is 59.3 Å². The van der Waals surface area contributed by atoms with Gasteiger partial charge in [-0.3, -0.25) is 9.59 Å². The maximum Gasteiger partial charge on any atom is 0.260 e. The van der Waals surface area contributed by atoms with Crippen molar-refractivity contribution in [1.29, 1.82) is 0 Å². The Bertz CT molecular complexity index is 1360. The number of rotatable bonds is 5. The minimum atomic E-state index is -0.452. The van der Waals surface area contributed by atoms with E-state index in [0.29, 0.717) is 29.5 Å². The zero-order chi connectivity index (χ0) is 23.7. The van der Waals surface area contributed by atoms with Gasteiger partial charge in [0.15, 0.2) is 0 Å². The second kappa shape index (κ2) is 8.94. The van der Waals surface area contributed by atoms with Gasteiger partial charge in [0.1, 0.15) is 0 Å². The normalized spacial score (nSPS) is 15.5. The molecule has 0 aliphatic carbocycles. The van der Waals surface area contributed by atoms with Crippen LogP contribution in [0.15, 0.2) is 77.3 Å². The third-order valence-corrected chi connectivity index (χ3v) is 5.96. The Kier molecular flexibility index (Phi) is 5.67. The standard InChI is InChI=1S/C27H24N4O3/c1-17-10-12-19(13-11-17)25-29-27(34-30-25)22-8-3-4-9-23(22)28-26(33)20-15-24(32)31(16-20)21-7-5-6-18(2)14-21/h3-14,20H,15-16H2,1-2H3,(H,28,33)/t20-/m0/s1. The summed E-state index contributed by atoms with van der Waals surface area (Å²) in [5, 5.41) is 7.07. The Labute approximate surface area is 197 Å². The molecule has 0 bridgehead atoms. The number of hydrogen-bond donors (Lipinski definition) is 1. The maximum atomic E-state index is 13.1. The summed E-state index contributed by atoms with van der Waals surface area (Å²) in [6, 6.07) is 22.9. The van der Waals surface area contributed by atoms with Crippen LogP contribution >= 0.6 is 0 Å². The van der Waals surface area contributed by atoms with Crippen LogP contribution in [-0.2, 0) is 9.59 Å². The number of carbonyl (C=O) groups excluding carboxylic acids is 2. The van der Waals surface area contributed by atoms with Gasteiger partial charge in [-0.15, -0.1) is 0 Å². The summed E-state index contributed by atoms with van der Waals surface area (Å²) in [6.45, 7) is 4.34. The van der Waals surface area contributed by atoms with E-state index < -0.39 is 5.92 Å². The fraction of sp³-hybridized carbons (Fsp3) is 0.185. The van der Waals surface area contributed by atoms with Gasteiger partial charge in [0.25, 0.3) is 5.89 Å². The smallest absolute Gasteiger partial charge is 0.260 e. The summed E-state index contributed by atoms with van der Waals surface area (Å²) < 4.78 is 5.51. The number of aryl methyl sites for hydroxylation is 2. The second-order valence-electron chi connectivity index (χ2n) is 8.57. The van der Waals surface area contributed by atoms with Gasteiger partial charge in [0, 0.05) is 24.2 Å². The summed E-state index contributed by atoms with van der Waals surface area (Å²) in [5.74, 6) is 0.0708. The first kappa shape index (κ1) is 21.6. The molecule has 0 spiro atoms. The number of nitrogens with zero attached hydrogens (tertiary/aromatic N) is 3. The SMILES string of the molecule is Cc1ccc(-c2noc(-c3ccccc3NC(=O)[C@H]3CC(=O)N(c4cccc(C)c4)C3)n2)cc1. The van der Waals surface area contributed by atoms with Crippen molar-refractivity contribution in [3.63, 3.8) is 0 Å². The number of para-hydroxylation sites is 1. The number of amides is 2. The minimum absolute atomic E-state index is 0.0568. The van der Waals surface area contributed by atoms with Crippen LogP contribution in [0.1, 0.15) is 17.5 Å². The molecule has 1 aliphatic rings. The zero-order valence-electron chi connectivity index (χ0n) is 19.0. The highest BCUT2D eigenvalue weighted by atomic mass is 16.5. The van der Waals surface area contributed by atoms with E-state index in [1.54, 1.807) is 11.0 Å². The molecule has 4 aromatic rings. The van der Waals surface area contributed by atoms with Gasteiger partial charge in [-0.05, 0) is 43.7 Å². The van der Waals surface area contributed by atoms with Crippen LogP contribution in [0.4, 0.5) is 11.4 Å². The predicted molar refractivity (Wildman–Crippen MR) is 130 cm³/mol. The lowest BCUT2D eigenvalue weighted by Gasteiger charge is -2.17. The van der Waals surface area contributed by atoms with Crippen LogP contribution < -0.4 is 10.2 Å². The van der Waals surface area contributed by atoms with Crippen molar-refractivity contribution >= 4 is 23.2 Å². The van der Waals surface area contributed by atoms with E-state index >= 15 is 0 Å². The molecule has 3 aromatic carbocycles. The average molecular weight is 453 g/mol. The van der Waals surface area contributed by atoms with Gasteiger partial charge in [0.2, 0.25) is 17.6 Å².